The number of hydrogen-bond donors (Lipinski definition) is 2. The monoisotopic (exact) mass is 249 g/mol. The molecule has 5 fully saturated rings. The Kier molecular flexibility index (Phi) is 2.74. The Morgan fingerprint density at radius 1 is 0.889 bits per heavy atom. The normalized spacial score (nSPS) is 49.5. The third-order valence-electron chi connectivity index (χ3n) is 6.57. The van der Waals surface area contributed by atoms with E-state index < -0.39 is 0 Å². The molecule has 18 heavy (non-hydrogen) atoms. The number of rotatable bonds is 2. The van der Waals surface area contributed by atoms with E-state index in [1.54, 1.807) is 0 Å². The summed E-state index contributed by atoms with van der Waals surface area (Å²) < 4.78 is 0. The average Bonchev–Trinajstić information content (AvgIpc) is 2.34. The van der Waals surface area contributed by atoms with E-state index in [0.29, 0.717) is 0 Å². The number of aliphatic hydroxyl groups is 1. The van der Waals surface area contributed by atoms with Gasteiger partial charge in [0.15, 0.2) is 0 Å². The van der Waals surface area contributed by atoms with Gasteiger partial charge in [-0.05, 0) is 94.0 Å². The predicted octanol–water partition coefficient (Wildman–Crippen LogP) is 2.56. The highest BCUT2D eigenvalue weighted by molar-refractivity contribution is 5.00. The van der Waals surface area contributed by atoms with Crippen LogP contribution < -0.4 is 5.32 Å². The molecule has 0 radical (unpaired) electrons. The van der Waals surface area contributed by atoms with Crippen LogP contribution in [0, 0.1) is 29.6 Å². The van der Waals surface area contributed by atoms with Crippen LogP contribution in [0.5, 0.6) is 0 Å². The second-order valence-corrected chi connectivity index (χ2v) is 7.77. The number of nitrogens with one attached hydrogen (secondary N) is 1. The summed E-state index contributed by atoms with van der Waals surface area (Å²) in [6, 6.07) is 0. The van der Waals surface area contributed by atoms with E-state index in [9.17, 15) is 5.11 Å². The zero-order valence-corrected chi connectivity index (χ0v) is 11.4. The van der Waals surface area contributed by atoms with Gasteiger partial charge in [0, 0.05) is 0 Å². The topological polar surface area (TPSA) is 32.3 Å². The van der Waals surface area contributed by atoms with Crippen molar-refractivity contribution in [1.82, 2.24) is 5.32 Å². The van der Waals surface area contributed by atoms with Crippen molar-refractivity contribution in [1.29, 1.82) is 0 Å². The Hall–Kier alpha value is -0.0800. The van der Waals surface area contributed by atoms with Gasteiger partial charge in [-0.1, -0.05) is 0 Å². The molecule has 2 N–H and O–H groups in total. The zero-order chi connectivity index (χ0) is 12.2. The molecule has 1 saturated heterocycles. The lowest BCUT2D eigenvalue weighted by molar-refractivity contribution is -0.0886. The third kappa shape index (κ3) is 1.92. The van der Waals surface area contributed by atoms with Gasteiger partial charge in [-0.3, -0.25) is 0 Å². The van der Waals surface area contributed by atoms with Gasteiger partial charge in [0.1, 0.15) is 0 Å². The molecule has 1 heterocycles. The summed E-state index contributed by atoms with van der Waals surface area (Å²) in [5.74, 6) is 4.93. The van der Waals surface area contributed by atoms with Crippen LogP contribution in [-0.2, 0) is 0 Å². The highest BCUT2D eigenvalue weighted by Crippen LogP contribution is 2.58. The molecule has 4 saturated carbocycles. The first-order valence-corrected chi connectivity index (χ1v) is 8.15. The standard InChI is InChI=1S/C16H27NO/c18-16(1-3-17-4-2-16)10-15-13-6-11-5-12(8-13)9-14(15)7-11/h11-15,17-18H,1-10H2. The molecule has 4 aliphatic carbocycles. The third-order valence-corrected chi connectivity index (χ3v) is 6.57. The summed E-state index contributed by atoms with van der Waals surface area (Å²) in [5.41, 5.74) is -0.328. The van der Waals surface area contributed by atoms with E-state index in [-0.39, 0.29) is 5.60 Å². The Morgan fingerprint density at radius 2 is 1.44 bits per heavy atom. The van der Waals surface area contributed by atoms with E-state index in [0.717, 1.165) is 61.9 Å². The number of piperidine rings is 1. The second kappa shape index (κ2) is 4.21. The maximum absolute atomic E-state index is 10.8. The number of hydrogen-bond acceptors (Lipinski definition) is 2. The van der Waals surface area contributed by atoms with Crippen LogP contribution >= 0.6 is 0 Å². The highest BCUT2D eigenvalue weighted by atomic mass is 16.3. The van der Waals surface area contributed by atoms with E-state index in [2.05, 4.69) is 5.32 Å². The SMILES string of the molecule is OC1(CC2C3CC4CC(C3)CC2C4)CCNCC1. The molecule has 2 nitrogen and oxygen atoms in total. The average molecular weight is 249 g/mol. The fourth-order valence-corrected chi connectivity index (χ4v) is 5.91. The summed E-state index contributed by atoms with van der Waals surface area (Å²) in [6.45, 7) is 2.04. The maximum atomic E-state index is 10.8. The van der Waals surface area contributed by atoms with Gasteiger partial charge in [0.25, 0.3) is 0 Å². The van der Waals surface area contributed by atoms with Crippen LogP contribution in [0.3, 0.4) is 0 Å². The van der Waals surface area contributed by atoms with Crippen LogP contribution in [0.4, 0.5) is 0 Å². The molecular formula is C16H27NO. The van der Waals surface area contributed by atoms with Crippen molar-refractivity contribution in [2.24, 2.45) is 29.6 Å². The highest BCUT2D eigenvalue weighted by Gasteiger charge is 2.50. The van der Waals surface area contributed by atoms with Gasteiger partial charge in [0.2, 0.25) is 0 Å². The molecule has 0 aromatic rings. The molecule has 4 bridgehead atoms. The van der Waals surface area contributed by atoms with E-state index in [4.69, 9.17) is 0 Å². The molecule has 1 aliphatic heterocycles. The Bertz CT molecular complexity index is 293. The molecule has 0 aromatic heterocycles. The second-order valence-electron chi connectivity index (χ2n) is 7.77. The molecule has 102 valence electrons. The van der Waals surface area contributed by atoms with Crippen LogP contribution in [0.25, 0.3) is 0 Å². The van der Waals surface area contributed by atoms with Crippen molar-refractivity contribution in [3.63, 3.8) is 0 Å². The molecule has 0 atom stereocenters. The molecule has 0 aromatic carbocycles. The zero-order valence-electron chi connectivity index (χ0n) is 11.4. The van der Waals surface area contributed by atoms with E-state index >= 15 is 0 Å². The molecule has 5 aliphatic rings. The lowest BCUT2D eigenvalue weighted by atomic mass is 9.50. The molecule has 0 amide bonds. The van der Waals surface area contributed by atoms with Crippen LogP contribution in [0.1, 0.15) is 51.4 Å². The minimum atomic E-state index is -0.328. The van der Waals surface area contributed by atoms with Crippen molar-refractivity contribution >= 4 is 0 Å². The largest absolute Gasteiger partial charge is 0.390 e. The van der Waals surface area contributed by atoms with Gasteiger partial charge >= 0.3 is 0 Å². The quantitative estimate of drug-likeness (QED) is 0.788. The first-order chi connectivity index (χ1) is 8.72. The lowest BCUT2D eigenvalue weighted by Gasteiger charge is -2.56. The van der Waals surface area contributed by atoms with Crippen molar-refractivity contribution in [2.75, 3.05) is 13.1 Å². The predicted molar refractivity (Wildman–Crippen MR) is 72.2 cm³/mol. The van der Waals surface area contributed by atoms with E-state index in [1.165, 1.54) is 32.1 Å². The molecule has 0 unspecified atom stereocenters. The van der Waals surface area contributed by atoms with E-state index in [1.807, 2.05) is 0 Å². The van der Waals surface area contributed by atoms with Gasteiger partial charge in [0.05, 0.1) is 5.60 Å². The Morgan fingerprint density at radius 3 is 2.00 bits per heavy atom. The van der Waals surface area contributed by atoms with Crippen LogP contribution in [0.2, 0.25) is 0 Å². The Balaban J connectivity index is 1.48. The van der Waals surface area contributed by atoms with Crippen LogP contribution in [-0.4, -0.2) is 23.8 Å². The van der Waals surface area contributed by atoms with Gasteiger partial charge < -0.3 is 10.4 Å². The molecule has 5 rings (SSSR count). The summed E-state index contributed by atoms with van der Waals surface area (Å²) in [6.07, 6.45) is 10.6. The fraction of sp³-hybridized carbons (Fsp3) is 1.00. The molecular weight excluding hydrogens is 222 g/mol. The minimum Gasteiger partial charge on any atom is -0.390 e. The summed E-state index contributed by atoms with van der Waals surface area (Å²) >= 11 is 0. The first kappa shape index (κ1) is 11.7. The summed E-state index contributed by atoms with van der Waals surface area (Å²) in [7, 11) is 0. The van der Waals surface area contributed by atoms with Crippen molar-refractivity contribution in [3.05, 3.63) is 0 Å². The van der Waals surface area contributed by atoms with Gasteiger partial charge in [-0.15, -0.1) is 0 Å². The summed E-state index contributed by atoms with van der Waals surface area (Å²) in [5, 5.41) is 14.2. The van der Waals surface area contributed by atoms with Crippen molar-refractivity contribution < 1.29 is 5.11 Å². The van der Waals surface area contributed by atoms with Crippen molar-refractivity contribution in [3.8, 4) is 0 Å². The molecule has 2 heteroatoms. The summed E-state index contributed by atoms with van der Waals surface area (Å²) in [4.78, 5) is 0. The smallest absolute Gasteiger partial charge is 0.0674 e. The molecule has 0 spiro atoms. The van der Waals surface area contributed by atoms with Crippen LogP contribution in [0.15, 0.2) is 0 Å². The van der Waals surface area contributed by atoms with Crippen molar-refractivity contribution in [2.45, 2.75) is 57.0 Å². The lowest BCUT2D eigenvalue weighted by Crippen LogP contribution is -2.50. The van der Waals surface area contributed by atoms with Gasteiger partial charge in [-0.2, -0.15) is 0 Å². The first-order valence-electron chi connectivity index (χ1n) is 8.15. The minimum absolute atomic E-state index is 0.328. The fourth-order valence-electron chi connectivity index (χ4n) is 5.91. The Labute approximate surface area is 111 Å². The van der Waals surface area contributed by atoms with Gasteiger partial charge in [-0.25, -0.2) is 0 Å². The maximum Gasteiger partial charge on any atom is 0.0674 e.